The lowest BCUT2D eigenvalue weighted by molar-refractivity contribution is -0.150. The number of carboxylic acid groups (broad SMARTS) is 1. The molecule has 53 heavy (non-hydrogen) atoms. The topological polar surface area (TPSA) is 126 Å². The zero-order valence-corrected chi connectivity index (χ0v) is 32.4. The number of imidazole rings is 2. The first kappa shape index (κ1) is 37.0. The number of aliphatic carboxylic acids is 1. The Morgan fingerprint density at radius 1 is 0.925 bits per heavy atom. The van der Waals surface area contributed by atoms with E-state index in [1.54, 1.807) is 0 Å². The lowest BCUT2D eigenvalue weighted by Crippen LogP contribution is -2.44. The number of carboxylic acids is 1. The molecule has 1 saturated carbocycles. The van der Waals surface area contributed by atoms with Crippen molar-refractivity contribution in [1.82, 2.24) is 28.9 Å². The Bertz CT molecular complexity index is 2090. The SMILES string of the molecule is Cc1c(NC(=O)c2nc3c(n2C)CCN(C2CCC(C)(C(=O)O)CC2)C3)cccc1-c1cccc(CC(=O)c2nc3c(n2C)CCN(C(C)C)C3)c1Cl. The van der Waals surface area contributed by atoms with Gasteiger partial charge in [-0.25, -0.2) is 9.97 Å². The fraction of sp³-hybridized carbons (Fsp3) is 0.488. The van der Waals surface area contributed by atoms with Gasteiger partial charge in [-0.3, -0.25) is 24.2 Å². The van der Waals surface area contributed by atoms with Crippen LogP contribution in [-0.4, -0.2) is 76.8 Å². The molecule has 0 unspecified atom stereocenters. The number of ketones is 1. The molecular formula is C41H50ClN7O4. The minimum absolute atomic E-state index is 0.0735. The molecule has 0 atom stereocenters. The lowest BCUT2D eigenvalue weighted by Gasteiger charge is -2.41. The van der Waals surface area contributed by atoms with Crippen molar-refractivity contribution in [2.75, 3.05) is 18.4 Å². The Morgan fingerprint density at radius 2 is 1.55 bits per heavy atom. The van der Waals surface area contributed by atoms with Crippen LogP contribution in [0.2, 0.25) is 5.02 Å². The molecule has 12 heteroatoms. The summed E-state index contributed by atoms with van der Waals surface area (Å²) in [5, 5.41) is 13.3. The monoisotopic (exact) mass is 739 g/mol. The number of carbonyl (C=O) groups is 3. The van der Waals surface area contributed by atoms with Crippen molar-refractivity contribution in [2.45, 2.75) is 97.8 Å². The number of carbonyl (C=O) groups excluding carboxylic acids is 2. The van der Waals surface area contributed by atoms with Gasteiger partial charge in [0.2, 0.25) is 5.78 Å². The molecule has 1 aliphatic carbocycles. The molecule has 0 radical (unpaired) electrons. The molecule has 1 fully saturated rings. The van der Waals surface area contributed by atoms with Gasteiger partial charge in [0.1, 0.15) is 0 Å². The summed E-state index contributed by atoms with van der Waals surface area (Å²) in [6.45, 7) is 11.4. The van der Waals surface area contributed by atoms with E-state index in [1.807, 2.05) is 73.5 Å². The number of Topliss-reactive ketones (excluding diaryl/α,β-unsaturated/α-hetero) is 1. The molecule has 2 N–H and O–H groups in total. The van der Waals surface area contributed by atoms with Crippen LogP contribution in [0, 0.1) is 12.3 Å². The number of anilines is 1. The van der Waals surface area contributed by atoms with Crippen LogP contribution >= 0.6 is 11.6 Å². The summed E-state index contributed by atoms with van der Waals surface area (Å²) in [5.41, 5.74) is 7.31. The Balaban J connectivity index is 1.05. The van der Waals surface area contributed by atoms with Crippen molar-refractivity contribution in [3.05, 3.63) is 87.0 Å². The molecule has 2 aromatic carbocycles. The van der Waals surface area contributed by atoms with Crippen LogP contribution in [-0.2, 0) is 51.2 Å². The van der Waals surface area contributed by atoms with Crippen LogP contribution in [0.1, 0.15) is 102 Å². The summed E-state index contributed by atoms with van der Waals surface area (Å²) >= 11 is 7.05. The van der Waals surface area contributed by atoms with Crippen LogP contribution in [0.4, 0.5) is 5.69 Å². The Labute approximate surface area is 316 Å². The third-order valence-corrected chi connectivity index (χ3v) is 12.6. The highest BCUT2D eigenvalue weighted by molar-refractivity contribution is 6.34. The summed E-state index contributed by atoms with van der Waals surface area (Å²) in [6, 6.07) is 12.2. The normalized spacial score (nSPS) is 20.6. The molecule has 3 aliphatic rings. The maximum absolute atomic E-state index is 13.8. The van der Waals surface area contributed by atoms with Gasteiger partial charge < -0.3 is 19.6 Å². The second-order valence-corrected chi connectivity index (χ2v) is 16.1. The van der Waals surface area contributed by atoms with E-state index in [1.165, 1.54) is 0 Å². The number of benzene rings is 2. The summed E-state index contributed by atoms with van der Waals surface area (Å²) in [5.74, 6) is -0.253. The maximum atomic E-state index is 13.8. The number of nitrogens with zero attached hydrogens (tertiary/aromatic N) is 6. The number of nitrogens with one attached hydrogen (secondary N) is 1. The minimum atomic E-state index is -0.709. The minimum Gasteiger partial charge on any atom is -0.481 e. The van der Waals surface area contributed by atoms with E-state index in [9.17, 15) is 19.5 Å². The molecule has 2 aliphatic heterocycles. The Morgan fingerprint density at radius 3 is 2.25 bits per heavy atom. The van der Waals surface area contributed by atoms with Crippen molar-refractivity contribution < 1.29 is 19.5 Å². The summed E-state index contributed by atoms with van der Waals surface area (Å²) in [6.07, 6.45) is 4.81. The van der Waals surface area contributed by atoms with Crippen LogP contribution in [0.25, 0.3) is 11.1 Å². The van der Waals surface area contributed by atoms with Crippen molar-refractivity contribution >= 4 is 34.9 Å². The van der Waals surface area contributed by atoms with E-state index < -0.39 is 11.4 Å². The van der Waals surface area contributed by atoms with Gasteiger partial charge in [-0.2, -0.15) is 0 Å². The van der Waals surface area contributed by atoms with Gasteiger partial charge in [0.05, 0.1) is 21.8 Å². The number of aromatic nitrogens is 4. The van der Waals surface area contributed by atoms with Crippen LogP contribution in [0.5, 0.6) is 0 Å². The number of hydrogen-bond donors (Lipinski definition) is 2. The second kappa shape index (κ2) is 14.5. The van der Waals surface area contributed by atoms with Gasteiger partial charge in [-0.15, -0.1) is 0 Å². The molecular weight excluding hydrogens is 690 g/mol. The average molecular weight is 740 g/mol. The smallest absolute Gasteiger partial charge is 0.309 e. The Hall–Kier alpha value is -4.32. The van der Waals surface area contributed by atoms with Crippen LogP contribution in [0.15, 0.2) is 36.4 Å². The fourth-order valence-electron chi connectivity index (χ4n) is 8.54. The highest BCUT2D eigenvalue weighted by atomic mass is 35.5. The molecule has 2 aromatic heterocycles. The summed E-state index contributed by atoms with van der Waals surface area (Å²) in [4.78, 5) is 53.6. The molecule has 0 saturated heterocycles. The quantitative estimate of drug-likeness (QED) is 0.184. The van der Waals surface area contributed by atoms with E-state index in [0.717, 1.165) is 90.3 Å². The zero-order chi connectivity index (χ0) is 37.8. The third-order valence-electron chi connectivity index (χ3n) is 12.1. The lowest BCUT2D eigenvalue weighted by atomic mass is 9.73. The van der Waals surface area contributed by atoms with Crippen molar-refractivity contribution in [3.8, 4) is 11.1 Å². The van der Waals surface area contributed by atoms with E-state index in [-0.39, 0.29) is 18.1 Å². The van der Waals surface area contributed by atoms with Crippen molar-refractivity contribution in [3.63, 3.8) is 0 Å². The highest BCUT2D eigenvalue weighted by Gasteiger charge is 2.40. The Kier molecular flexibility index (Phi) is 10.1. The number of amides is 1. The first-order valence-corrected chi connectivity index (χ1v) is 19.2. The van der Waals surface area contributed by atoms with Gasteiger partial charge in [-0.1, -0.05) is 41.9 Å². The van der Waals surface area contributed by atoms with Gasteiger partial charge >= 0.3 is 5.97 Å². The van der Waals surface area contributed by atoms with E-state index in [4.69, 9.17) is 21.6 Å². The third kappa shape index (κ3) is 6.95. The molecule has 1 amide bonds. The second-order valence-electron chi connectivity index (χ2n) is 15.7. The van der Waals surface area contributed by atoms with E-state index in [0.29, 0.717) is 53.8 Å². The van der Waals surface area contributed by atoms with Gasteiger partial charge in [-0.05, 0) is 76.1 Å². The van der Waals surface area contributed by atoms with Crippen LogP contribution in [0.3, 0.4) is 0 Å². The number of rotatable bonds is 9. The summed E-state index contributed by atoms with van der Waals surface area (Å²) in [7, 11) is 3.82. The fourth-order valence-corrected chi connectivity index (χ4v) is 8.83. The summed E-state index contributed by atoms with van der Waals surface area (Å²) < 4.78 is 3.85. The standard InChI is InChI=1S/C41H50ClN7O4/c1-24(2)48-19-15-33-31(22-48)43-37(46(33)5)35(50)21-26-9-7-11-29(36(26)42)28-10-8-12-30(25(28)3)45-39(51)38-44-32-23-49(20-16-34(32)47(38)6)27-13-17-41(4,18-14-27)40(52)53/h7-12,24,27H,13-23H2,1-6H3,(H,45,51)(H,52,53). The predicted molar refractivity (Wildman–Crippen MR) is 205 cm³/mol. The first-order chi connectivity index (χ1) is 25.3. The molecule has 0 spiro atoms. The largest absolute Gasteiger partial charge is 0.481 e. The predicted octanol–water partition coefficient (Wildman–Crippen LogP) is 6.62. The van der Waals surface area contributed by atoms with Crippen molar-refractivity contribution in [2.24, 2.45) is 19.5 Å². The molecule has 0 bridgehead atoms. The molecule has 7 rings (SSSR count). The highest BCUT2D eigenvalue weighted by Crippen LogP contribution is 2.39. The van der Waals surface area contributed by atoms with Gasteiger partial charge in [0.25, 0.3) is 5.91 Å². The maximum Gasteiger partial charge on any atom is 0.309 e. The zero-order valence-electron chi connectivity index (χ0n) is 31.6. The van der Waals surface area contributed by atoms with E-state index >= 15 is 0 Å². The number of hydrogen-bond acceptors (Lipinski definition) is 7. The van der Waals surface area contributed by atoms with Crippen molar-refractivity contribution in [1.29, 1.82) is 0 Å². The average Bonchev–Trinajstić information content (AvgIpc) is 3.65. The number of halogens is 1. The van der Waals surface area contributed by atoms with E-state index in [2.05, 4.69) is 29.0 Å². The number of fused-ring (bicyclic) bond motifs is 2. The molecule has 11 nitrogen and oxygen atoms in total. The van der Waals surface area contributed by atoms with Crippen LogP contribution < -0.4 is 5.32 Å². The first-order valence-electron chi connectivity index (χ1n) is 18.8. The molecule has 4 aromatic rings. The van der Waals surface area contributed by atoms with Gasteiger partial charge in [0.15, 0.2) is 11.6 Å². The van der Waals surface area contributed by atoms with Gasteiger partial charge in [0, 0.05) is 94.3 Å². The molecule has 280 valence electrons. The molecule has 4 heterocycles.